The van der Waals surface area contributed by atoms with E-state index in [2.05, 4.69) is 13.2 Å². The zero-order valence-corrected chi connectivity index (χ0v) is 5.66. The first-order chi connectivity index (χ1) is 1.00. The van der Waals surface area contributed by atoms with Crippen molar-refractivity contribution in [2.24, 2.45) is 0 Å². The molecule has 0 amide bonds. The first kappa shape index (κ1) is 18.7. The molecule has 2 heteroatoms. The summed E-state index contributed by atoms with van der Waals surface area (Å²) in [5.41, 5.74) is 0. The Morgan fingerprint density at radius 2 is 1.00 bits per heavy atom. The molecule has 0 fully saturated rings. The van der Waals surface area contributed by atoms with Crippen LogP contribution < -0.4 is 0 Å². The van der Waals surface area contributed by atoms with Crippen molar-refractivity contribution in [1.29, 1.82) is 0 Å². The summed E-state index contributed by atoms with van der Waals surface area (Å²) in [6.45, 7) is 6.00. The molecule has 24 valence electrons. The third kappa shape index (κ3) is 10.5. The van der Waals surface area contributed by atoms with Gasteiger partial charge in [0.25, 0.3) is 0 Å². The van der Waals surface area contributed by atoms with Crippen molar-refractivity contribution in [1.82, 2.24) is 0 Å². The second kappa shape index (κ2) is 28.5. The van der Waals surface area contributed by atoms with Crippen LogP contribution in [0.5, 0.6) is 0 Å². The number of hydrogen-bond acceptors (Lipinski definition) is 0. The predicted molar refractivity (Wildman–Crippen MR) is 17.0 cm³/mol. The van der Waals surface area contributed by atoms with Crippen LogP contribution in [0.3, 0.4) is 0 Å². The van der Waals surface area contributed by atoms with Crippen molar-refractivity contribution in [2.75, 3.05) is 0 Å². The standard InChI is InChI=1S/C2H4.Cu.Na/c1-2;;/h1-2H2;;. The van der Waals surface area contributed by atoms with Gasteiger partial charge in [-0.25, -0.2) is 0 Å². The first-order valence-electron chi connectivity index (χ1n) is 0.500. The van der Waals surface area contributed by atoms with Gasteiger partial charge in [-0.15, -0.1) is 13.2 Å². The molecule has 0 aromatic carbocycles. The molecule has 0 atom stereocenters. The Morgan fingerprint density at radius 1 is 1.00 bits per heavy atom. The maximum absolute atomic E-state index is 3.00. The molecule has 0 spiro atoms. The molecular weight excluding hydrogens is 111 g/mol. The second-order valence-corrected chi connectivity index (χ2v) is 0. The zero-order valence-electron chi connectivity index (χ0n) is 2.72. The van der Waals surface area contributed by atoms with E-state index in [-0.39, 0.29) is 46.6 Å². The smallest absolute Gasteiger partial charge is 0 e. The van der Waals surface area contributed by atoms with Crippen molar-refractivity contribution in [3.63, 3.8) is 0 Å². The topological polar surface area (TPSA) is 0 Å². The molecule has 0 aliphatic carbocycles. The summed E-state index contributed by atoms with van der Waals surface area (Å²) in [6.07, 6.45) is 0. The summed E-state index contributed by atoms with van der Waals surface area (Å²) >= 11 is 0. The van der Waals surface area contributed by atoms with Crippen molar-refractivity contribution in [3.8, 4) is 0 Å². The van der Waals surface area contributed by atoms with E-state index in [0.29, 0.717) is 0 Å². The van der Waals surface area contributed by atoms with Crippen LogP contribution in [0, 0.1) is 0 Å². The molecule has 0 saturated heterocycles. The summed E-state index contributed by atoms with van der Waals surface area (Å²) in [5, 5.41) is 0. The average molecular weight is 115 g/mol. The van der Waals surface area contributed by atoms with Gasteiger partial charge in [0.1, 0.15) is 0 Å². The minimum atomic E-state index is 0. The normalized spacial score (nSPS) is 1.00. The summed E-state index contributed by atoms with van der Waals surface area (Å²) in [5.74, 6) is 0. The largest absolute Gasteiger partial charge is 0.106 e. The Balaban J connectivity index is -0.00000000500. The van der Waals surface area contributed by atoms with E-state index < -0.39 is 0 Å². The molecule has 0 aliphatic heterocycles. The fraction of sp³-hybridized carbons (Fsp3) is 0. The summed E-state index contributed by atoms with van der Waals surface area (Å²) in [7, 11) is 0. The van der Waals surface area contributed by atoms with Gasteiger partial charge in [-0.05, 0) is 0 Å². The van der Waals surface area contributed by atoms with Crippen molar-refractivity contribution < 1.29 is 17.1 Å². The minimum absolute atomic E-state index is 0. The molecule has 0 rings (SSSR count). The summed E-state index contributed by atoms with van der Waals surface area (Å²) < 4.78 is 0. The van der Waals surface area contributed by atoms with Gasteiger partial charge in [0.2, 0.25) is 0 Å². The van der Waals surface area contributed by atoms with Crippen LogP contribution in [0.25, 0.3) is 0 Å². The minimum Gasteiger partial charge on any atom is -0.106 e. The van der Waals surface area contributed by atoms with Crippen LogP contribution in [0.4, 0.5) is 0 Å². The van der Waals surface area contributed by atoms with Crippen molar-refractivity contribution in [3.05, 3.63) is 13.2 Å². The average Bonchev–Trinajstić information content (AvgIpc) is 1.00. The summed E-state index contributed by atoms with van der Waals surface area (Å²) in [4.78, 5) is 0. The molecule has 0 heterocycles. The van der Waals surface area contributed by atoms with Gasteiger partial charge in [-0.2, -0.15) is 0 Å². The van der Waals surface area contributed by atoms with Crippen LogP contribution in [-0.4, -0.2) is 29.6 Å². The Morgan fingerprint density at radius 3 is 1.00 bits per heavy atom. The molecule has 0 aromatic heterocycles. The number of rotatable bonds is 0. The van der Waals surface area contributed by atoms with E-state index in [1.807, 2.05) is 0 Å². The molecule has 0 saturated carbocycles. The van der Waals surface area contributed by atoms with Gasteiger partial charge in [0.15, 0.2) is 0 Å². The van der Waals surface area contributed by atoms with Crippen molar-refractivity contribution >= 4 is 29.6 Å². The quantitative estimate of drug-likeness (QED) is 0.316. The van der Waals surface area contributed by atoms with Crippen molar-refractivity contribution in [2.45, 2.75) is 0 Å². The van der Waals surface area contributed by atoms with E-state index in [9.17, 15) is 0 Å². The molecular formula is C2H4CuNa. The molecule has 0 aliphatic rings. The van der Waals surface area contributed by atoms with Crippen LogP contribution in [0.15, 0.2) is 13.2 Å². The van der Waals surface area contributed by atoms with Crippen LogP contribution in [0.2, 0.25) is 0 Å². The zero-order chi connectivity index (χ0) is 2.00. The van der Waals surface area contributed by atoms with E-state index in [4.69, 9.17) is 0 Å². The molecule has 0 aromatic rings. The molecule has 2 radical (unpaired) electrons. The molecule has 0 N–H and O–H groups in total. The fourth-order valence-electron chi connectivity index (χ4n) is 0. The van der Waals surface area contributed by atoms with E-state index in [1.165, 1.54) is 0 Å². The third-order valence-corrected chi connectivity index (χ3v) is 0. The number of hydrogen-bond donors (Lipinski definition) is 0. The van der Waals surface area contributed by atoms with E-state index >= 15 is 0 Å². The predicted octanol–water partition coefficient (Wildman–Crippen LogP) is 0.419. The van der Waals surface area contributed by atoms with Gasteiger partial charge in [0, 0.05) is 46.6 Å². The van der Waals surface area contributed by atoms with Gasteiger partial charge >= 0.3 is 0 Å². The monoisotopic (exact) mass is 114 g/mol. The molecule has 0 bridgehead atoms. The van der Waals surface area contributed by atoms with Crippen LogP contribution >= 0.6 is 0 Å². The Labute approximate surface area is 59.4 Å². The van der Waals surface area contributed by atoms with Crippen LogP contribution in [-0.2, 0) is 17.1 Å². The summed E-state index contributed by atoms with van der Waals surface area (Å²) in [6, 6.07) is 0. The van der Waals surface area contributed by atoms with E-state index in [0.717, 1.165) is 0 Å². The van der Waals surface area contributed by atoms with Gasteiger partial charge in [-0.1, -0.05) is 0 Å². The molecule has 0 nitrogen and oxygen atoms in total. The first-order valence-corrected chi connectivity index (χ1v) is 0.500. The molecule has 4 heavy (non-hydrogen) atoms. The maximum atomic E-state index is 3.00. The SMILES string of the molecule is C=C.[Cu].[Na]. The second-order valence-electron chi connectivity index (χ2n) is 0. The van der Waals surface area contributed by atoms with Gasteiger partial charge in [0.05, 0.1) is 0 Å². The third-order valence-electron chi connectivity index (χ3n) is 0. The van der Waals surface area contributed by atoms with Gasteiger partial charge in [-0.3, -0.25) is 0 Å². The van der Waals surface area contributed by atoms with Crippen LogP contribution in [0.1, 0.15) is 0 Å². The Kier molecular flexibility index (Phi) is 133. The Bertz CT molecular complexity index is 6.00. The maximum Gasteiger partial charge on any atom is 0 e. The molecule has 0 unspecified atom stereocenters. The van der Waals surface area contributed by atoms with Gasteiger partial charge < -0.3 is 0 Å². The fourth-order valence-corrected chi connectivity index (χ4v) is 0. The van der Waals surface area contributed by atoms with E-state index in [1.54, 1.807) is 0 Å². The Hall–Kier alpha value is 1.26.